The summed E-state index contributed by atoms with van der Waals surface area (Å²) >= 11 is 0. The van der Waals surface area contributed by atoms with E-state index in [4.69, 9.17) is 15.7 Å². The van der Waals surface area contributed by atoms with Gasteiger partial charge in [-0.3, -0.25) is 0 Å². The van der Waals surface area contributed by atoms with Gasteiger partial charge < -0.3 is 15.7 Å². The number of unbranched alkanes of at least 4 members (excludes halogenated alkanes) is 2. The van der Waals surface area contributed by atoms with Crippen molar-refractivity contribution >= 4 is 5.84 Å². The Kier molecular flexibility index (Phi) is 6.87. The first-order valence-electron chi connectivity index (χ1n) is 5.05. The second-order valence-corrected chi connectivity index (χ2v) is 3.40. The average molecular weight is 242 g/mol. The largest absolute Gasteiger partial charge is 0.409 e. The van der Waals surface area contributed by atoms with Crippen LogP contribution in [0.3, 0.4) is 0 Å². The van der Waals surface area contributed by atoms with Crippen LogP contribution >= 0.6 is 0 Å². The highest BCUT2D eigenvalue weighted by Crippen LogP contribution is 2.26. The van der Waals surface area contributed by atoms with Crippen molar-refractivity contribution < 1.29 is 23.1 Å². The molecule has 3 N–H and O–H groups in total. The number of hydrogen-bond acceptors (Lipinski definition) is 3. The molecule has 0 saturated carbocycles. The predicted molar refractivity (Wildman–Crippen MR) is 53.3 cm³/mol. The summed E-state index contributed by atoms with van der Waals surface area (Å²) in [6.07, 6.45) is -1.98. The zero-order chi connectivity index (χ0) is 12.6. The van der Waals surface area contributed by atoms with Crippen LogP contribution in [-0.4, -0.2) is 30.4 Å². The number of oxime groups is 1. The summed E-state index contributed by atoms with van der Waals surface area (Å²) < 4.78 is 42.0. The van der Waals surface area contributed by atoms with E-state index in [2.05, 4.69) is 5.16 Å². The molecule has 0 aromatic rings. The van der Waals surface area contributed by atoms with Crippen molar-refractivity contribution in [2.45, 2.75) is 32.4 Å². The molecule has 0 rings (SSSR count). The molecule has 0 bridgehead atoms. The maximum atomic E-state index is 12.4. The number of amidine groups is 1. The minimum atomic E-state index is -4.55. The van der Waals surface area contributed by atoms with Gasteiger partial charge in [0.05, 0.1) is 6.61 Å². The molecule has 4 nitrogen and oxygen atoms in total. The van der Waals surface area contributed by atoms with E-state index in [9.17, 15) is 13.2 Å². The van der Waals surface area contributed by atoms with Crippen LogP contribution in [0, 0.1) is 5.92 Å². The van der Waals surface area contributed by atoms with Crippen LogP contribution in [0.1, 0.15) is 26.2 Å². The Labute approximate surface area is 92.3 Å². The first-order chi connectivity index (χ1) is 7.43. The second-order valence-electron chi connectivity index (χ2n) is 3.40. The quantitative estimate of drug-likeness (QED) is 0.236. The number of nitrogens with two attached hydrogens (primary N) is 1. The molecule has 96 valence electrons. The number of rotatable bonds is 7. The Morgan fingerprint density at radius 2 is 2.06 bits per heavy atom. The van der Waals surface area contributed by atoms with Gasteiger partial charge in [0.2, 0.25) is 0 Å². The third-order valence-corrected chi connectivity index (χ3v) is 2.04. The van der Waals surface area contributed by atoms with Crippen molar-refractivity contribution in [1.29, 1.82) is 0 Å². The number of nitrogens with zero attached hydrogens (tertiary/aromatic N) is 1. The summed E-state index contributed by atoms with van der Waals surface area (Å²) in [7, 11) is 0. The van der Waals surface area contributed by atoms with Crippen molar-refractivity contribution in [3.05, 3.63) is 0 Å². The van der Waals surface area contributed by atoms with Crippen LogP contribution in [0.25, 0.3) is 0 Å². The highest BCUT2D eigenvalue weighted by molar-refractivity contribution is 5.83. The lowest BCUT2D eigenvalue weighted by Gasteiger charge is -2.18. The minimum Gasteiger partial charge on any atom is -0.409 e. The van der Waals surface area contributed by atoms with E-state index in [0.717, 1.165) is 12.8 Å². The molecule has 0 radical (unpaired) electrons. The molecular formula is C9H17F3N2O2. The molecule has 16 heavy (non-hydrogen) atoms. The third-order valence-electron chi connectivity index (χ3n) is 2.04. The Hall–Kier alpha value is -0.980. The molecule has 0 aromatic carbocycles. The Morgan fingerprint density at radius 3 is 2.50 bits per heavy atom. The first-order valence-corrected chi connectivity index (χ1v) is 5.05. The van der Waals surface area contributed by atoms with Crippen LogP contribution in [0.4, 0.5) is 13.2 Å². The molecule has 0 fully saturated rings. The summed E-state index contributed by atoms with van der Waals surface area (Å²) in [4.78, 5) is 0. The maximum Gasteiger partial charge on any atom is 0.401 e. The maximum absolute atomic E-state index is 12.4. The van der Waals surface area contributed by atoms with Gasteiger partial charge in [-0.1, -0.05) is 24.9 Å². The lowest BCUT2D eigenvalue weighted by atomic mass is 10.1. The summed E-state index contributed by atoms with van der Waals surface area (Å²) in [6, 6.07) is 0. The zero-order valence-corrected chi connectivity index (χ0v) is 9.13. The van der Waals surface area contributed by atoms with E-state index >= 15 is 0 Å². The highest BCUT2D eigenvalue weighted by atomic mass is 19.4. The van der Waals surface area contributed by atoms with Gasteiger partial charge in [-0.2, -0.15) is 13.2 Å². The molecule has 1 atom stereocenters. The smallest absolute Gasteiger partial charge is 0.401 e. The van der Waals surface area contributed by atoms with Crippen LogP contribution in [-0.2, 0) is 4.74 Å². The van der Waals surface area contributed by atoms with Crippen molar-refractivity contribution in [1.82, 2.24) is 0 Å². The molecule has 0 heterocycles. The lowest BCUT2D eigenvalue weighted by molar-refractivity contribution is -0.168. The Morgan fingerprint density at radius 1 is 1.44 bits per heavy atom. The number of halogens is 3. The topological polar surface area (TPSA) is 67.8 Å². The minimum absolute atomic E-state index is 0.249. The third kappa shape index (κ3) is 5.79. The summed E-state index contributed by atoms with van der Waals surface area (Å²) in [5, 5.41) is 10.6. The summed E-state index contributed by atoms with van der Waals surface area (Å²) in [5.74, 6) is -2.91. The Balaban J connectivity index is 4.05. The molecule has 0 amide bonds. The number of ether oxygens (including phenoxy) is 1. The number of hydrogen-bond donors (Lipinski definition) is 2. The van der Waals surface area contributed by atoms with Crippen LogP contribution in [0.2, 0.25) is 0 Å². The van der Waals surface area contributed by atoms with Crippen molar-refractivity contribution in [2.24, 2.45) is 16.8 Å². The standard InChI is InChI=1S/C9H17F3N2O2/c1-2-3-4-5-16-6-7(8(13)14-15)9(10,11)12/h7,15H,2-6H2,1H3,(H2,13,14). The second kappa shape index (κ2) is 7.32. The lowest BCUT2D eigenvalue weighted by Crippen LogP contribution is -2.39. The van der Waals surface area contributed by atoms with Gasteiger partial charge in [0.15, 0.2) is 5.84 Å². The van der Waals surface area contributed by atoms with Gasteiger partial charge in [-0.25, -0.2) is 0 Å². The van der Waals surface area contributed by atoms with Crippen molar-refractivity contribution in [3.8, 4) is 0 Å². The average Bonchev–Trinajstić information content (AvgIpc) is 2.20. The van der Waals surface area contributed by atoms with E-state index in [-0.39, 0.29) is 6.61 Å². The molecule has 1 unspecified atom stereocenters. The van der Waals surface area contributed by atoms with Crippen molar-refractivity contribution in [3.63, 3.8) is 0 Å². The summed E-state index contributed by atoms with van der Waals surface area (Å²) in [6.45, 7) is 1.62. The summed E-state index contributed by atoms with van der Waals surface area (Å²) in [5.41, 5.74) is 4.94. The van der Waals surface area contributed by atoms with E-state index in [1.807, 2.05) is 6.92 Å². The molecule has 7 heteroatoms. The van der Waals surface area contributed by atoms with E-state index in [0.29, 0.717) is 6.42 Å². The van der Waals surface area contributed by atoms with Gasteiger partial charge in [0.25, 0.3) is 0 Å². The highest BCUT2D eigenvalue weighted by Gasteiger charge is 2.42. The van der Waals surface area contributed by atoms with E-state index in [1.165, 1.54) is 0 Å². The molecule has 0 spiro atoms. The zero-order valence-electron chi connectivity index (χ0n) is 9.13. The fourth-order valence-corrected chi connectivity index (χ4v) is 1.07. The van der Waals surface area contributed by atoms with Gasteiger partial charge in [-0.05, 0) is 6.42 Å². The van der Waals surface area contributed by atoms with E-state index in [1.54, 1.807) is 0 Å². The van der Waals surface area contributed by atoms with Gasteiger partial charge in [-0.15, -0.1) is 0 Å². The number of alkyl halides is 3. The SMILES string of the molecule is CCCCCOCC(C(N)=NO)C(F)(F)F. The molecule has 0 aliphatic heterocycles. The van der Waals surface area contributed by atoms with Crippen LogP contribution < -0.4 is 5.73 Å². The predicted octanol–water partition coefficient (Wildman–Crippen LogP) is 2.12. The normalized spacial score (nSPS) is 15.1. The van der Waals surface area contributed by atoms with Crippen LogP contribution in [0.5, 0.6) is 0 Å². The Bertz CT molecular complexity index is 219. The first kappa shape index (κ1) is 15.0. The molecule has 0 aliphatic carbocycles. The molecule has 0 saturated heterocycles. The van der Waals surface area contributed by atoms with Gasteiger partial charge >= 0.3 is 6.18 Å². The molecule has 0 aliphatic rings. The van der Waals surface area contributed by atoms with Gasteiger partial charge in [0, 0.05) is 6.61 Å². The van der Waals surface area contributed by atoms with Gasteiger partial charge in [0.1, 0.15) is 5.92 Å². The van der Waals surface area contributed by atoms with Crippen LogP contribution in [0.15, 0.2) is 5.16 Å². The molecule has 0 aromatic heterocycles. The fourth-order valence-electron chi connectivity index (χ4n) is 1.07. The van der Waals surface area contributed by atoms with Crippen molar-refractivity contribution in [2.75, 3.05) is 13.2 Å². The fraction of sp³-hybridized carbons (Fsp3) is 0.889. The van der Waals surface area contributed by atoms with E-state index < -0.39 is 24.5 Å². The molecular weight excluding hydrogens is 225 g/mol. The monoisotopic (exact) mass is 242 g/mol.